The summed E-state index contributed by atoms with van der Waals surface area (Å²) in [4.78, 5) is 30.6. The monoisotopic (exact) mass is 383 g/mol. The van der Waals surface area contributed by atoms with Crippen LogP contribution in [-0.4, -0.2) is 27.0 Å². The van der Waals surface area contributed by atoms with Gasteiger partial charge in [0.2, 0.25) is 5.91 Å². The molecule has 138 valence electrons. The van der Waals surface area contributed by atoms with Gasteiger partial charge in [0, 0.05) is 23.0 Å². The predicted molar refractivity (Wildman–Crippen MR) is 104 cm³/mol. The van der Waals surface area contributed by atoms with E-state index in [1.807, 2.05) is 12.1 Å². The number of carboxylic acids is 1. The number of imidazole rings is 1. The Bertz CT molecular complexity index is 907. The number of anilines is 1. The van der Waals surface area contributed by atoms with Crippen LogP contribution in [-0.2, 0) is 9.59 Å². The van der Waals surface area contributed by atoms with E-state index in [0.29, 0.717) is 10.7 Å². The molecule has 6 nitrogen and oxygen atoms in total. The van der Waals surface area contributed by atoms with E-state index in [4.69, 9.17) is 16.7 Å². The lowest BCUT2D eigenvalue weighted by Crippen LogP contribution is -2.17. The second kappa shape index (κ2) is 8.51. The van der Waals surface area contributed by atoms with E-state index in [-0.39, 0.29) is 18.7 Å². The van der Waals surface area contributed by atoms with Crippen molar-refractivity contribution >= 4 is 29.2 Å². The van der Waals surface area contributed by atoms with Crippen molar-refractivity contribution in [2.45, 2.75) is 18.8 Å². The van der Waals surface area contributed by atoms with E-state index in [0.717, 1.165) is 16.8 Å². The van der Waals surface area contributed by atoms with Crippen molar-refractivity contribution in [3.05, 3.63) is 71.6 Å². The fourth-order valence-corrected chi connectivity index (χ4v) is 2.96. The highest BCUT2D eigenvalue weighted by Gasteiger charge is 2.19. The number of hydrogen-bond acceptors (Lipinski definition) is 3. The SMILES string of the molecule is O=C(O)CC(CC(=O)Nc1ccc(-c2cnc[nH]2)cc1)c1ccc(Cl)cc1. The third-order valence-corrected chi connectivity index (χ3v) is 4.42. The number of amides is 1. The molecule has 1 heterocycles. The minimum Gasteiger partial charge on any atom is -0.481 e. The zero-order chi connectivity index (χ0) is 19.2. The number of rotatable bonds is 7. The number of hydrogen-bond donors (Lipinski definition) is 3. The van der Waals surface area contributed by atoms with Crippen molar-refractivity contribution in [1.29, 1.82) is 0 Å². The summed E-state index contributed by atoms with van der Waals surface area (Å²) >= 11 is 5.88. The Morgan fingerprint density at radius 2 is 1.78 bits per heavy atom. The van der Waals surface area contributed by atoms with E-state index in [1.54, 1.807) is 48.9 Å². The van der Waals surface area contributed by atoms with Crippen LogP contribution in [0.25, 0.3) is 11.3 Å². The molecule has 0 radical (unpaired) electrons. The molecule has 3 rings (SSSR count). The molecular weight excluding hydrogens is 366 g/mol. The predicted octanol–water partition coefficient (Wildman–Crippen LogP) is 4.32. The normalized spacial score (nSPS) is 11.7. The van der Waals surface area contributed by atoms with Gasteiger partial charge in [-0.2, -0.15) is 0 Å². The first-order chi connectivity index (χ1) is 13.0. The Morgan fingerprint density at radius 1 is 1.07 bits per heavy atom. The molecule has 27 heavy (non-hydrogen) atoms. The number of nitrogens with zero attached hydrogens (tertiary/aromatic N) is 1. The molecule has 1 atom stereocenters. The maximum atomic E-state index is 12.4. The summed E-state index contributed by atoms with van der Waals surface area (Å²) in [6.07, 6.45) is 3.25. The fraction of sp³-hybridized carbons (Fsp3) is 0.150. The topological polar surface area (TPSA) is 95.1 Å². The second-order valence-corrected chi connectivity index (χ2v) is 6.58. The van der Waals surface area contributed by atoms with Gasteiger partial charge in [-0.1, -0.05) is 35.9 Å². The third-order valence-electron chi connectivity index (χ3n) is 4.17. The molecule has 1 unspecified atom stereocenters. The fourth-order valence-electron chi connectivity index (χ4n) is 2.84. The molecule has 0 spiro atoms. The molecule has 0 aliphatic heterocycles. The Hall–Kier alpha value is -3.12. The molecular formula is C20H18ClN3O3. The molecule has 0 saturated carbocycles. The molecule has 0 aliphatic carbocycles. The van der Waals surface area contributed by atoms with Gasteiger partial charge >= 0.3 is 5.97 Å². The van der Waals surface area contributed by atoms with Crippen LogP contribution < -0.4 is 5.32 Å². The van der Waals surface area contributed by atoms with Crippen LogP contribution in [0.5, 0.6) is 0 Å². The van der Waals surface area contributed by atoms with Crippen LogP contribution in [0.1, 0.15) is 24.3 Å². The highest BCUT2D eigenvalue weighted by molar-refractivity contribution is 6.30. The highest BCUT2D eigenvalue weighted by Crippen LogP contribution is 2.26. The van der Waals surface area contributed by atoms with E-state index < -0.39 is 11.9 Å². The lowest BCUT2D eigenvalue weighted by molar-refractivity contribution is -0.137. The van der Waals surface area contributed by atoms with Gasteiger partial charge < -0.3 is 15.4 Å². The summed E-state index contributed by atoms with van der Waals surface area (Å²) in [7, 11) is 0. The van der Waals surface area contributed by atoms with Crippen molar-refractivity contribution in [3.8, 4) is 11.3 Å². The lowest BCUT2D eigenvalue weighted by atomic mass is 9.92. The standard InChI is InChI=1S/C20H18ClN3O3/c21-16-5-1-13(2-6-16)15(10-20(26)27)9-19(25)24-17-7-3-14(4-8-17)18-11-22-12-23-18/h1-8,11-12,15H,9-10H2,(H,22,23)(H,24,25)(H,26,27). The van der Waals surface area contributed by atoms with Crippen molar-refractivity contribution in [3.63, 3.8) is 0 Å². The summed E-state index contributed by atoms with van der Waals surface area (Å²) in [5, 5.41) is 12.5. The molecule has 7 heteroatoms. The quantitative estimate of drug-likeness (QED) is 0.566. The number of nitrogens with one attached hydrogen (secondary N) is 2. The minimum atomic E-state index is -0.952. The van der Waals surface area contributed by atoms with Gasteiger partial charge in [0.1, 0.15) is 0 Å². The van der Waals surface area contributed by atoms with Gasteiger partial charge in [0.05, 0.1) is 24.6 Å². The molecule has 0 fully saturated rings. The lowest BCUT2D eigenvalue weighted by Gasteiger charge is -2.15. The Labute approximate surface area is 161 Å². The van der Waals surface area contributed by atoms with Crippen molar-refractivity contribution < 1.29 is 14.7 Å². The van der Waals surface area contributed by atoms with Crippen molar-refractivity contribution in [1.82, 2.24) is 9.97 Å². The van der Waals surface area contributed by atoms with Gasteiger partial charge in [-0.25, -0.2) is 4.98 Å². The molecule has 2 aromatic carbocycles. The number of aliphatic carboxylic acids is 1. The van der Waals surface area contributed by atoms with Gasteiger partial charge in [-0.15, -0.1) is 0 Å². The maximum Gasteiger partial charge on any atom is 0.303 e. The van der Waals surface area contributed by atoms with Crippen LogP contribution in [0.15, 0.2) is 61.1 Å². The van der Waals surface area contributed by atoms with E-state index in [9.17, 15) is 9.59 Å². The number of benzene rings is 2. The van der Waals surface area contributed by atoms with Gasteiger partial charge in [0.25, 0.3) is 0 Å². The number of carboxylic acid groups (broad SMARTS) is 1. The molecule has 3 N–H and O–H groups in total. The third kappa shape index (κ3) is 5.18. The summed E-state index contributed by atoms with van der Waals surface area (Å²) in [5.41, 5.74) is 3.26. The highest BCUT2D eigenvalue weighted by atomic mass is 35.5. The average Bonchev–Trinajstić information content (AvgIpc) is 3.17. The van der Waals surface area contributed by atoms with Crippen LogP contribution in [0.4, 0.5) is 5.69 Å². The Kier molecular flexibility index (Phi) is 5.88. The maximum absolute atomic E-state index is 12.4. The molecule has 0 bridgehead atoms. The zero-order valence-corrected chi connectivity index (χ0v) is 15.1. The Balaban J connectivity index is 1.66. The average molecular weight is 384 g/mol. The van der Waals surface area contributed by atoms with E-state index >= 15 is 0 Å². The summed E-state index contributed by atoms with van der Waals surface area (Å²) < 4.78 is 0. The number of aromatic amines is 1. The summed E-state index contributed by atoms with van der Waals surface area (Å²) in [6.45, 7) is 0. The molecule has 1 aromatic heterocycles. The van der Waals surface area contributed by atoms with E-state index in [1.165, 1.54) is 0 Å². The van der Waals surface area contributed by atoms with Gasteiger partial charge in [-0.05, 0) is 35.4 Å². The van der Waals surface area contributed by atoms with Crippen molar-refractivity contribution in [2.24, 2.45) is 0 Å². The Morgan fingerprint density at radius 3 is 2.37 bits per heavy atom. The van der Waals surface area contributed by atoms with Crippen molar-refractivity contribution in [2.75, 3.05) is 5.32 Å². The zero-order valence-electron chi connectivity index (χ0n) is 14.4. The second-order valence-electron chi connectivity index (χ2n) is 6.14. The molecule has 0 saturated heterocycles. The number of carbonyl (C=O) groups excluding carboxylic acids is 1. The number of halogens is 1. The first kappa shape index (κ1) is 18.7. The van der Waals surface area contributed by atoms with Crippen LogP contribution >= 0.6 is 11.6 Å². The first-order valence-corrected chi connectivity index (χ1v) is 8.75. The first-order valence-electron chi connectivity index (χ1n) is 8.37. The van der Waals surface area contributed by atoms with Crippen LogP contribution in [0, 0.1) is 0 Å². The summed E-state index contributed by atoms with van der Waals surface area (Å²) in [6, 6.07) is 14.2. The smallest absolute Gasteiger partial charge is 0.303 e. The largest absolute Gasteiger partial charge is 0.481 e. The summed E-state index contributed by atoms with van der Waals surface area (Å²) in [5.74, 6) is -1.62. The van der Waals surface area contributed by atoms with E-state index in [2.05, 4.69) is 15.3 Å². The molecule has 0 aliphatic rings. The van der Waals surface area contributed by atoms with Gasteiger partial charge in [0.15, 0.2) is 0 Å². The molecule has 1 amide bonds. The number of carbonyl (C=O) groups is 2. The van der Waals surface area contributed by atoms with Gasteiger partial charge in [-0.3, -0.25) is 9.59 Å². The minimum absolute atomic E-state index is 0.0657. The van der Waals surface area contributed by atoms with Crippen LogP contribution in [0.2, 0.25) is 5.02 Å². The number of H-pyrrole nitrogens is 1. The number of aromatic nitrogens is 2. The molecule has 3 aromatic rings. The van der Waals surface area contributed by atoms with Crippen LogP contribution in [0.3, 0.4) is 0 Å².